The number of carboxylic acid groups (broad SMARTS) is 1. The van der Waals surface area contributed by atoms with E-state index >= 15 is 0 Å². The van der Waals surface area contributed by atoms with E-state index in [0.717, 1.165) is 48.3 Å². The number of aryl methyl sites for hydroxylation is 1. The molecule has 1 saturated heterocycles. The summed E-state index contributed by atoms with van der Waals surface area (Å²) in [5.74, 6) is -0.0389. The number of amides is 2. The average molecular weight is 570 g/mol. The predicted molar refractivity (Wildman–Crippen MR) is 153 cm³/mol. The van der Waals surface area contributed by atoms with Gasteiger partial charge in [0.1, 0.15) is 5.76 Å². The van der Waals surface area contributed by atoms with Crippen molar-refractivity contribution in [1.29, 1.82) is 0 Å². The molecule has 2 aliphatic carbocycles. The summed E-state index contributed by atoms with van der Waals surface area (Å²) in [6, 6.07) is 5.46. The topological polar surface area (TPSA) is 113 Å². The maximum absolute atomic E-state index is 13.7. The molecule has 1 aromatic heterocycles. The number of carboxylic acids is 1. The molecule has 5 rings (SSSR count). The van der Waals surface area contributed by atoms with Crippen LogP contribution < -0.4 is 5.32 Å². The third-order valence-electron chi connectivity index (χ3n) is 8.57. The Labute approximate surface area is 240 Å². The Morgan fingerprint density at radius 1 is 1.12 bits per heavy atom. The number of hydrogen-bond donors (Lipinski definition) is 2. The normalized spacial score (nSPS) is 24.6. The van der Waals surface area contributed by atoms with Gasteiger partial charge in [-0.2, -0.15) is 0 Å². The first-order valence-electron chi connectivity index (χ1n) is 14.5. The minimum absolute atomic E-state index is 0.100. The van der Waals surface area contributed by atoms with Crippen molar-refractivity contribution in [2.75, 3.05) is 18.4 Å². The van der Waals surface area contributed by atoms with Gasteiger partial charge in [0.15, 0.2) is 0 Å². The molecule has 3 aliphatic rings. The van der Waals surface area contributed by atoms with Gasteiger partial charge in [0.05, 0.1) is 28.7 Å². The molecule has 3 fully saturated rings. The maximum atomic E-state index is 13.7. The predicted octanol–water partition coefficient (Wildman–Crippen LogP) is 6.49. The number of carbonyl (C=O) groups is 3. The molecule has 2 heterocycles. The molecular formula is C31H40ClN3O5. The van der Waals surface area contributed by atoms with Crippen LogP contribution in [0.5, 0.6) is 0 Å². The Balaban J connectivity index is 1.40. The largest absolute Gasteiger partial charge is 0.481 e. The first kappa shape index (κ1) is 28.7. The fraction of sp³-hybridized carbons (Fsp3) is 0.613. The average Bonchev–Trinajstić information content (AvgIpc) is 3.43. The van der Waals surface area contributed by atoms with Crippen molar-refractivity contribution in [2.24, 2.45) is 17.3 Å². The Bertz CT molecular complexity index is 1290. The first-order valence-corrected chi connectivity index (χ1v) is 14.8. The SMILES string of the molecule is Cc1ccc(NC(=O)C2CN(C(=O)CCC(=O)O)CC2c2noc([C@H]3C[C@@H](CC(C)(C)C)C3)c2C2CC2)c(Cl)c1. The van der Waals surface area contributed by atoms with Gasteiger partial charge in [0, 0.05) is 36.9 Å². The highest BCUT2D eigenvalue weighted by molar-refractivity contribution is 6.33. The second-order valence-corrected chi connectivity index (χ2v) is 13.7. The maximum Gasteiger partial charge on any atom is 0.303 e. The van der Waals surface area contributed by atoms with Crippen molar-refractivity contribution in [3.63, 3.8) is 0 Å². The number of likely N-dealkylation sites (tertiary alicyclic amines) is 1. The van der Waals surface area contributed by atoms with E-state index in [2.05, 4.69) is 31.2 Å². The van der Waals surface area contributed by atoms with E-state index in [4.69, 9.17) is 21.2 Å². The summed E-state index contributed by atoms with van der Waals surface area (Å²) < 4.78 is 6.06. The number of rotatable bonds is 9. The highest BCUT2D eigenvalue weighted by Gasteiger charge is 2.47. The van der Waals surface area contributed by atoms with Crippen molar-refractivity contribution in [3.8, 4) is 0 Å². The number of aromatic nitrogens is 1. The quantitative estimate of drug-likeness (QED) is 0.357. The van der Waals surface area contributed by atoms with Crippen molar-refractivity contribution < 1.29 is 24.0 Å². The minimum atomic E-state index is -1.02. The zero-order valence-electron chi connectivity index (χ0n) is 23.8. The van der Waals surface area contributed by atoms with Crippen LogP contribution in [-0.4, -0.2) is 46.0 Å². The fourth-order valence-electron chi connectivity index (χ4n) is 6.52. The Morgan fingerprint density at radius 2 is 1.85 bits per heavy atom. The lowest BCUT2D eigenvalue weighted by molar-refractivity contribution is -0.140. The zero-order valence-corrected chi connectivity index (χ0v) is 24.6. The molecule has 0 spiro atoms. The molecule has 2 amide bonds. The van der Waals surface area contributed by atoms with Crippen LogP contribution in [-0.2, 0) is 14.4 Å². The van der Waals surface area contributed by atoms with E-state index in [1.165, 1.54) is 6.42 Å². The third-order valence-corrected chi connectivity index (χ3v) is 8.89. The van der Waals surface area contributed by atoms with E-state index in [0.29, 0.717) is 40.4 Å². The Morgan fingerprint density at radius 3 is 2.48 bits per heavy atom. The van der Waals surface area contributed by atoms with Gasteiger partial charge in [-0.15, -0.1) is 0 Å². The van der Waals surface area contributed by atoms with Crippen LogP contribution in [0.1, 0.15) is 106 Å². The van der Waals surface area contributed by atoms with Gasteiger partial charge in [0.25, 0.3) is 0 Å². The van der Waals surface area contributed by atoms with E-state index in [-0.39, 0.29) is 37.1 Å². The number of halogens is 1. The van der Waals surface area contributed by atoms with Gasteiger partial charge in [-0.05, 0) is 74.0 Å². The van der Waals surface area contributed by atoms with E-state index in [9.17, 15) is 14.4 Å². The molecule has 0 radical (unpaired) electrons. The van der Waals surface area contributed by atoms with Crippen LogP contribution in [0, 0.1) is 24.2 Å². The number of nitrogens with one attached hydrogen (secondary N) is 1. The van der Waals surface area contributed by atoms with Gasteiger partial charge in [-0.1, -0.05) is 43.6 Å². The summed E-state index contributed by atoms with van der Waals surface area (Å²) in [4.78, 5) is 39.4. The summed E-state index contributed by atoms with van der Waals surface area (Å²) >= 11 is 6.41. The van der Waals surface area contributed by atoms with E-state index in [1.807, 2.05) is 13.0 Å². The second-order valence-electron chi connectivity index (χ2n) is 13.3. The Kier molecular flexibility index (Phi) is 8.01. The molecule has 0 bridgehead atoms. The van der Waals surface area contributed by atoms with Crippen molar-refractivity contribution in [1.82, 2.24) is 10.1 Å². The molecule has 2 atom stereocenters. The molecular weight excluding hydrogens is 530 g/mol. The smallest absolute Gasteiger partial charge is 0.303 e. The third kappa shape index (κ3) is 6.37. The highest BCUT2D eigenvalue weighted by Crippen LogP contribution is 2.54. The number of nitrogens with zero attached hydrogens (tertiary/aromatic N) is 2. The molecule has 2 saturated carbocycles. The fourth-order valence-corrected chi connectivity index (χ4v) is 6.80. The monoisotopic (exact) mass is 569 g/mol. The minimum Gasteiger partial charge on any atom is -0.481 e. The zero-order chi connectivity index (χ0) is 28.8. The van der Waals surface area contributed by atoms with Crippen LogP contribution in [0.4, 0.5) is 5.69 Å². The van der Waals surface area contributed by atoms with Gasteiger partial charge in [-0.25, -0.2) is 0 Å². The summed E-state index contributed by atoms with van der Waals surface area (Å²) in [5, 5.41) is 17.1. The molecule has 1 aliphatic heterocycles. The lowest BCUT2D eigenvalue weighted by Gasteiger charge is -2.38. The first-order chi connectivity index (χ1) is 18.9. The highest BCUT2D eigenvalue weighted by atomic mass is 35.5. The van der Waals surface area contributed by atoms with Crippen LogP contribution >= 0.6 is 11.6 Å². The van der Waals surface area contributed by atoms with Gasteiger partial charge in [0.2, 0.25) is 11.8 Å². The summed E-state index contributed by atoms with van der Waals surface area (Å²) in [6.07, 6.45) is 5.17. The number of benzene rings is 1. The summed E-state index contributed by atoms with van der Waals surface area (Å²) in [6.45, 7) is 9.27. The number of anilines is 1. The molecule has 9 heteroatoms. The lowest BCUT2D eigenvalue weighted by atomic mass is 9.66. The van der Waals surface area contributed by atoms with Gasteiger partial charge < -0.3 is 19.8 Å². The molecule has 8 nitrogen and oxygen atoms in total. The Hall–Kier alpha value is -2.87. The summed E-state index contributed by atoms with van der Waals surface area (Å²) in [5.41, 5.74) is 3.75. The van der Waals surface area contributed by atoms with Crippen molar-refractivity contribution >= 4 is 35.1 Å². The molecule has 2 N–H and O–H groups in total. The van der Waals surface area contributed by atoms with Crippen molar-refractivity contribution in [3.05, 3.63) is 45.8 Å². The van der Waals surface area contributed by atoms with Crippen LogP contribution in [0.15, 0.2) is 22.7 Å². The van der Waals surface area contributed by atoms with Gasteiger partial charge in [-0.3, -0.25) is 14.4 Å². The molecule has 2 unspecified atom stereocenters. The van der Waals surface area contributed by atoms with Crippen LogP contribution in [0.2, 0.25) is 5.02 Å². The van der Waals surface area contributed by atoms with Crippen LogP contribution in [0.3, 0.4) is 0 Å². The standard InChI is InChI=1S/C31H40ClN3O5/c1-17-5-8-24(23(32)11-17)33-30(39)22-16-35(25(36)9-10-26(37)38)15-21(22)28-27(19-6-7-19)29(40-34-28)20-12-18(13-20)14-31(2,3)4/h5,8,11,18-22H,6-7,9-10,12-16H2,1-4H3,(H,33,39)(H,37,38)/t18-,20+,21?,22?. The second kappa shape index (κ2) is 11.2. The molecule has 1 aromatic carbocycles. The van der Waals surface area contributed by atoms with Crippen LogP contribution in [0.25, 0.3) is 0 Å². The van der Waals surface area contributed by atoms with E-state index < -0.39 is 11.9 Å². The van der Waals surface area contributed by atoms with Gasteiger partial charge >= 0.3 is 5.97 Å². The van der Waals surface area contributed by atoms with Crippen molar-refractivity contribution in [2.45, 2.75) is 90.4 Å². The molecule has 40 heavy (non-hydrogen) atoms. The molecule has 216 valence electrons. The summed E-state index contributed by atoms with van der Waals surface area (Å²) in [7, 11) is 0. The van der Waals surface area contributed by atoms with E-state index in [1.54, 1.807) is 17.0 Å². The lowest BCUT2D eigenvalue weighted by Crippen LogP contribution is -2.32. The number of aliphatic carboxylic acids is 1. The number of carbonyl (C=O) groups excluding carboxylic acids is 2. The number of hydrogen-bond acceptors (Lipinski definition) is 5. The molecule has 2 aromatic rings.